The molecule has 0 spiro atoms. The van der Waals surface area contributed by atoms with Gasteiger partial charge in [0.25, 0.3) is 5.91 Å². The molecule has 1 rings (SSSR count). The molecule has 0 unspecified atom stereocenters. The second-order valence-corrected chi connectivity index (χ2v) is 4.02. The third-order valence-corrected chi connectivity index (χ3v) is 2.22. The largest absolute Gasteiger partial charge is 0.382 e. The van der Waals surface area contributed by atoms with Gasteiger partial charge in [0.2, 0.25) is 0 Å². The van der Waals surface area contributed by atoms with Gasteiger partial charge in [0.15, 0.2) is 0 Å². The lowest BCUT2D eigenvalue weighted by Gasteiger charge is -2.24. The van der Waals surface area contributed by atoms with Crippen molar-refractivity contribution in [2.75, 3.05) is 5.73 Å². The van der Waals surface area contributed by atoms with E-state index in [-0.39, 0.29) is 23.0 Å². The van der Waals surface area contributed by atoms with Gasteiger partial charge in [-0.1, -0.05) is 6.92 Å². The van der Waals surface area contributed by atoms with Crippen molar-refractivity contribution in [3.8, 4) is 0 Å². The molecule has 1 aromatic heterocycles. The summed E-state index contributed by atoms with van der Waals surface area (Å²) in [5.74, 6) is -0.00129. The standard InChI is InChI=1S/C10H16N4O/c1-4-10(2,3)14-9(15)7-5-12-6-8(11)13-7/h5-6H,4H2,1-3H3,(H2,11,13)(H,14,15). The lowest BCUT2D eigenvalue weighted by atomic mass is 10.0. The van der Waals surface area contributed by atoms with E-state index in [1.165, 1.54) is 12.4 Å². The summed E-state index contributed by atoms with van der Waals surface area (Å²) in [5.41, 5.74) is 5.44. The number of carbonyl (C=O) groups excluding carboxylic acids is 1. The van der Waals surface area contributed by atoms with Crippen LogP contribution in [0.3, 0.4) is 0 Å². The lowest BCUT2D eigenvalue weighted by Crippen LogP contribution is -2.43. The third kappa shape index (κ3) is 3.19. The zero-order valence-electron chi connectivity index (χ0n) is 9.24. The third-order valence-electron chi connectivity index (χ3n) is 2.22. The van der Waals surface area contributed by atoms with Crippen molar-refractivity contribution < 1.29 is 4.79 Å². The average Bonchev–Trinajstić information content (AvgIpc) is 2.17. The molecule has 0 aromatic carbocycles. The Hall–Kier alpha value is -1.65. The highest BCUT2D eigenvalue weighted by Crippen LogP contribution is 2.08. The van der Waals surface area contributed by atoms with Crippen molar-refractivity contribution in [1.82, 2.24) is 15.3 Å². The second-order valence-electron chi connectivity index (χ2n) is 4.02. The van der Waals surface area contributed by atoms with Crippen LogP contribution in [0.2, 0.25) is 0 Å². The first-order valence-electron chi connectivity index (χ1n) is 4.84. The fourth-order valence-electron chi connectivity index (χ4n) is 0.950. The molecular weight excluding hydrogens is 192 g/mol. The van der Waals surface area contributed by atoms with Crippen LogP contribution in [0.4, 0.5) is 5.82 Å². The molecule has 0 saturated heterocycles. The smallest absolute Gasteiger partial charge is 0.271 e. The Morgan fingerprint density at radius 2 is 2.20 bits per heavy atom. The van der Waals surface area contributed by atoms with Crippen LogP contribution in [-0.4, -0.2) is 21.4 Å². The Bertz CT molecular complexity index is 362. The number of carbonyl (C=O) groups is 1. The van der Waals surface area contributed by atoms with Crippen molar-refractivity contribution in [1.29, 1.82) is 0 Å². The molecule has 0 bridgehead atoms. The Balaban J connectivity index is 2.78. The number of anilines is 1. The van der Waals surface area contributed by atoms with E-state index in [0.717, 1.165) is 6.42 Å². The zero-order chi connectivity index (χ0) is 11.5. The van der Waals surface area contributed by atoms with Crippen LogP contribution in [0.5, 0.6) is 0 Å². The normalized spacial score (nSPS) is 11.1. The molecule has 0 radical (unpaired) electrons. The fraction of sp³-hybridized carbons (Fsp3) is 0.500. The molecule has 1 amide bonds. The first-order valence-corrected chi connectivity index (χ1v) is 4.84. The summed E-state index contributed by atoms with van der Waals surface area (Å²) in [6, 6.07) is 0. The molecule has 0 atom stereocenters. The van der Waals surface area contributed by atoms with Crippen LogP contribution in [0.25, 0.3) is 0 Å². The van der Waals surface area contributed by atoms with Gasteiger partial charge in [0, 0.05) is 5.54 Å². The van der Waals surface area contributed by atoms with Gasteiger partial charge in [-0.25, -0.2) is 4.98 Å². The van der Waals surface area contributed by atoms with Gasteiger partial charge in [-0.3, -0.25) is 9.78 Å². The van der Waals surface area contributed by atoms with Crippen molar-refractivity contribution >= 4 is 11.7 Å². The van der Waals surface area contributed by atoms with Crippen LogP contribution >= 0.6 is 0 Å². The SMILES string of the molecule is CCC(C)(C)NC(=O)c1cncc(N)n1. The maximum absolute atomic E-state index is 11.7. The molecule has 0 aliphatic heterocycles. The number of nitrogens with zero attached hydrogens (tertiary/aromatic N) is 2. The van der Waals surface area contributed by atoms with Crippen LogP contribution in [0.1, 0.15) is 37.7 Å². The van der Waals surface area contributed by atoms with E-state index in [2.05, 4.69) is 15.3 Å². The summed E-state index contributed by atoms with van der Waals surface area (Å²) in [6.45, 7) is 5.90. The molecular formula is C10H16N4O. The number of aromatic nitrogens is 2. The van der Waals surface area contributed by atoms with Crippen LogP contribution in [0, 0.1) is 0 Å². The van der Waals surface area contributed by atoms with E-state index < -0.39 is 0 Å². The van der Waals surface area contributed by atoms with Gasteiger partial charge in [-0.05, 0) is 20.3 Å². The quantitative estimate of drug-likeness (QED) is 0.775. The number of nitrogens with two attached hydrogens (primary N) is 1. The molecule has 1 aromatic rings. The first kappa shape index (κ1) is 11.4. The van der Waals surface area contributed by atoms with Gasteiger partial charge >= 0.3 is 0 Å². The van der Waals surface area contributed by atoms with E-state index in [0.29, 0.717) is 0 Å². The number of nitrogen functional groups attached to an aromatic ring is 1. The Morgan fingerprint density at radius 1 is 1.53 bits per heavy atom. The molecule has 5 nitrogen and oxygen atoms in total. The van der Waals surface area contributed by atoms with E-state index in [4.69, 9.17) is 5.73 Å². The maximum Gasteiger partial charge on any atom is 0.271 e. The minimum absolute atomic E-state index is 0.247. The van der Waals surface area contributed by atoms with E-state index >= 15 is 0 Å². The zero-order valence-corrected chi connectivity index (χ0v) is 9.24. The minimum atomic E-state index is -0.248. The molecule has 0 saturated carbocycles. The predicted molar refractivity (Wildman–Crippen MR) is 58.3 cm³/mol. The van der Waals surface area contributed by atoms with Crippen molar-refractivity contribution in [3.63, 3.8) is 0 Å². The summed E-state index contributed by atoms with van der Waals surface area (Å²) >= 11 is 0. The fourth-order valence-corrected chi connectivity index (χ4v) is 0.950. The van der Waals surface area contributed by atoms with Gasteiger partial charge in [0.05, 0.1) is 12.4 Å². The molecule has 82 valence electrons. The summed E-state index contributed by atoms with van der Waals surface area (Å²) in [7, 11) is 0. The van der Waals surface area contributed by atoms with Gasteiger partial charge in [-0.15, -0.1) is 0 Å². The lowest BCUT2D eigenvalue weighted by molar-refractivity contribution is 0.0906. The van der Waals surface area contributed by atoms with Crippen molar-refractivity contribution in [2.24, 2.45) is 0 Å². The summed E-state index contributed by atoms with van der Waals surface area (Å²) < 4.78 is 0. The summed E-state index contributed by atoms with van der Waals surface area (Å²) in [4.78, 5) is 19.4. The summed E-state index contributed by atoms with van der Waals surface area (Å²) in [5, 5.41) is 2.85. The average molecular weight is 208 g/mol. The van der Waals surface area contributed by atoms with E-state index in [1.807, 2.05) is 20.8 Å². The van der Waals surface area contributed by atoms with Gasteiger partial charge in [-0.2, -0.15) is 0 Å². The molecule has 1 heterocycles. The number of hydrogen-bond acceptors (Lipinski definition) is 4. The second kappa shape index (κ2) is 4.25. The molecule has 0 aliphatic rings. The van der Waals surface area contributed by atoms with Crippen molar-refractivity contribution in [2.45, 2.75) is 32.7 Å². The molecule has 0 aliphatic carbocycles. The maximum atomic E-state index is 11.7. The van der Waals surface area contributed by atoms with Crippen molar-refractivity contribution in [3.05, 3.63) is 18.1 Å². The molecule has 3 N–H and O–H groups in total. The molecule has 15 heavy (non-hydrogen) atoms. The highest BCUT2D eigenvalue weighted by Gasteiger charge is 2.19. The molecule has 0 fully saturated rings. The molecule has 5 heteroatoms. The number of hydrogen-bond donors (Lipinski definition) is 2. The van der Waals surface area contributed by atoms with E-state index in [1.54, 1.807) is 0 Å². The van der Waals surface area contributed by atoms with Crippen LogP contribution in [-0.2, 0) is 0 Å². The summed E-state index contributed by atoms with van der Waals surface area (Å²) in [6.07, 6.45) is 3.65. The Morgan fingerprint density at radius 3 is 2.73 bits per heavy atom. The predicted octanol–water partition coefficient (Wildman–Crippen LogP) is 0.977. The monoisotopic (exact) mass is 208 g/mol. The number of rotatable bonds is 3. The van der Waals surface area contributed by atoms with Gasteiger partial charge < -0.3 is 11.1 Å². The Labute approximate surface area is 89.1 Å². The van der Waals surface area contributed by atoms with Gasteiger partial charge in [0.1, 0.15) is 11.5 Å². The topological polar surface area (TPSA) is 80.9 Å². The Kier molecular flexibility index (Phi) is 3.24. The van der Waals surface area contributed by atoms with E-state index in [9.17, 15) is 4.79 Å². The first-order chi connectivity index (χ1) is 6.94. The number of nitrogens with one attached hydrogen (secondary N) is 1. The number of amides is 1. The highest BCUT2D eigenvalue weighted by molar-refractivity contribution is 5.92. The van der Waals surface area contributed by atoms with Crippen LogP contribution < -0.4 is 11.1 Å². The highest BCUT2D eigenvalue weighted by atomic mass is 16.2. The minimum Gasteiger partial charge on any atom is -0.382 e. The van der Waals surface area contributed by atoms with Crippen LogP contribution in [0.15, 0.2) is 12.4 Å².